The topological polar surface area (TPSA) is 67.6 Å². The van der Waals surface area contributed by atoms with E-state index in [1.165, 1.54) is 5.56 Å². The molecule has 5 nitrogen and oxygen atoms in total. The van der Waals surface area contributed by atoms with Gasteiger partial charge in [0, 0.05) is 16.1 Å². The lowest BCUT2D eigenvalue weighted by atomic mass is 10.1. The van der Waals surface area contributed by atoms with Gasteiger partial charge in [-0.1, -0.05) is 58.7 Å². The highest BCUT2D eigenvalue weighted by atomic mass is 35.5. The zero-order valence-electron chi connectivity index (χ0n) is 12.8. The first-order chi connectivity index (χ1) is 11.7. The highest BCUT2D eigenvalue weighted by Gasteiger charge is 2.13. The summed E-state index contributed by atoms with van der Waals surface area (Å²) in [7, 11) is 0. The van der Waals surface area contributed by atoms with E-state index in [4.69, 9.17) is 16.1 Å². The summed E-state index contributed by atoms with van der Waals surface area (Å²) in [4.78, 5) is 4.43. The largest absolute Gasteiger partial charge is 0.332 e. The number of H-pyrrole nitrogens is 1. The van der Waals surface area contributed by atoms with Gasteiger partial charge < -0.3 is 4.52 Å². The number of hydrogen-bond donors (Lipinski definition) is 1. The number of aromatic amines is 1. The zero-order valence-corrected chi connectivity index (χ0v) is 13.6. The molecule has 0 aliphatic carbocycles. The Morgan fingerprint density at radius 2 is 1.67 bits per heavy atom. The summed E-state index contributed by atoms with van der Waals surface area (Å²) in [6, 6.07) is 17.3. The van der Waals surface area contributed by atoms with Crippen LogP contribution in [-0.2, 0) is 0 Å². The van der Waals surface area contributed by atoms with E-state index in [0.717, 1.165) is 16.8 Å². The van der Waals surface area contributed by atoms with Crippen LogP contribution in [0.1, 0.15) is 5.56 Å². The maximum Gasteiger partial charge on any atom is 0.276 e. The quantitative estimate of drug-likeness (QED) is 0.586. The van der Waals surface area contributed by atoms with Crippen LogP contribution in [0.5, 0.6) is 0 Å². The van der Waals surface area contributed by atoms with Crippen LogP contribution >= 0.6 is 11.6 Å². The molecule has 6 heteroatoms. The Morgan fingerprint density at radius 1 is 0.958 bits per heavy atom. The van der Waals surface area contributed by atoms with Gasteiger partial charge in [-0.2, -0.15) is 10.1 Å². The van der Waals surface area contributed by atoms with Gasteiger partial charge in [0.1, 0.15) is 5.69 Å². The minimum atomic E-state index is 0.401. The lowest BCUT2D eigenvalue weighted by Gasteiger charge is -1.94. The van der Waals surface area contributed by atoms with Gasteiger partial charge in [-0.3, -0.25) is 5.10 Å². The fourth-order valence-electron chi connectivity index (χ4n) is 2.35. The molecule has 0 unspecified atom stereocenters. The smallest absolute Gasteiger partial charge is 0.276 e. The number of hydrogen-bond acceptors (Lipinski definition) is 4. The Kier molecular flexibility index (Phi) is 3.63. The third-order valence-corrected chi connectivity index (χ3v) is 3.94. The van der Waals surface area contributed by atoms with Crippen LogP contribution in [0, 0.1) is 6.92 Å². The fraction of sp³-hybridized carbons (Fsp3) is 0.0556. The van der Waals surface area contributed by atoms with E-state index in [1.807, 2.05) is 61.5 Å². The molecule has 4 aromatic rings. The number of rotatable bonds is 3. The summed E-state index contributed by atoms with van der Waals surface area (Å²) in [5, 5.41) is 11.9. The van der Waals surface area contributed by atoms with E-state index in [2.05, 4.69) is 20.3 Å². The molecule has 0 saturated heterocycles. The van der Waals surface area contributed by atoms with Gasteiger partial charge >= 0.3 is 0 Å². The number of aromatic nitrogens is 4. The first kappa shape index (κ1) is 14.7. The lowest BCUT2D eigenvalue weighted by Crippen LogP contribution is -1.81. The van der Waals surface area contributed by atoms with E-state index >= 15 is 0 Å². The predicted molar refractivity (Wildman–Crippen MR) is 92.5 cm³/mol. The first-order valence-electron chi connectivity index (χ1n) is 7.41. The SMILES string of the molecule is Cc1ccc(-c2noc(-c3cc(-c4ccc(Cl)cc4)n[nH]3)n2)cc1. The van der Waals surface area contributed by atoms with E-state index in [-0.39, 0.29) is 0 Å². The fourth-order valence-corrected chi connectivity index (χ4v) is 2.48. The van der Waals surface area contributed by atoms with Crippen LogP contribution in [0.3, 0.4) is 0 Å². The second kappa shape index (κ2) is 5.94. The molecule has 2 aromatic carbocycles. The van der Waals surface area contributed by atoms with Gasteiger partial charge in [0.25, 0.3) is 5.89 Å². The Labute approximate surface area is 143 Å². The third kappa shape index (κ3) is 2.81. The third-order valence-electron chi connectivity index (χ3n) is 3.68. The van der Waals surface area contributed by atoms with Crippen molar-refractivity contribution in [2.75, 3.05) is 0 Å². The van der Waals surface area contributed by atoms with Crippen LogP contribution in [0.4, 0.5) is 0 Å². The van der Waals surface area contributed by atoms with Crippen molar-refractivity contribution in [1.82, 2.24) is 20.3 Å². The van der Waals surface area contributed by atoms with Gasteiger partial charge in [0.15, 0.2) is 0 Å². The van der Waals surface area contributed by atoms with Gasteiger partial charge in [-0.05, 0) is 25.1 Å². The molecule has 24 heavy (non-hydrogen) atoms. The standard InChI is InChI=1S/C18H13ClN4O/c1-11-2-4-13(5-3-11)17-20-18(24-23-17)16-10-15(21-22-16)12-6-8-14(19)9-7-12/h2-10H,1H3,(H,21,22). The van der Waals surface area contributed by atoms with E-state index in [9.17, 15) is 0 Å². The summed E-state index contributed by atoms with van der Waals surface area (Å²) >= 11 is 5.91. The van der Waals surface area contributed by atoms with Crippen molar-refractivity contribution in [3.63, 3.8) is 0 Å². The van der Waals surface area contributed by atoms with Gasteiger partial charge in [0.2, 0.25) is 5.82 Å². The number of benzene rings is 2. The minimum absolute atomic E-state index is 0.401. The van der Waals surface area contributed by atoms with Crippen LogP contribution in [-0.4, -0.2) is 20.3 Å². The molecule has 118 valence electrons. The monoisotopic (exact) mass is 336 g/mol. The van der Waals surface area contributed by atoms with E-state index < -0.39 is 0 Å². The molecular weight excluding hydrogens is 324 g/mol. The summed E-state index contributed by atoms with van der Waals surface area (Å²) in [6.45, 7) is 2.04. The molecule has 0 amide bonds. The highest BCUT2D eigenvalue weighted by molar-refractivity contribution is 6.30. The molecule has 0 aliphatic rings. The van der Waals surface area contributed by atoms with Crippen molar-refractivity contribution < 1.29 is 4.52 Å². The number of aryl methyl sites for hydroxylation is 1. The molecule has 0 bridgehead atoms. The Morgan fingerprint density at radius 3 is 2.42 bits per heavy atom. The average Bonchev–Trinajstić information content (AvgIpc) is 3.25. The van der Waals surface area contributed by atoms with Crippen molar-refractivity contribution in [1.29, 1.82) is 0 Å². The maximum absolute atomic E-state index is 5.91. The van der Waals surface area contributed by atoms with Crippen molar-refractivity contribution in [3.8, 4) is 34.2 Å². The van der Waals surface area contributed by atoms with E-state index in [1.54, 1.807) is 0 Å². The molecule has 1 N–H and O–H groups in total. The maximum atomic E-state index is 5.91. The molecule has 0 aliphatic heterocycles. The van der Waals surface area contributed by atoms with Gasteiger partial charge in [-0.15, -0.1) is 0 Å². The molecule has 2 heterocycles. The summed E-state index contributed by atoms with van der Waals surface area (Å²) in [5.74, 6) is 0.950. The molecule has 0 atom stereocenters. The van der Waals surface area contributed by atoms with E-state index in [0.29, 0.717) is 22.4 Å². The van der Waals surface area contributed by atoms with Crippen molar-refractivity contribution in [2.45, 2.75) is 6.92 Å². The first-order valence-corrected chi connectivity index (χ1v) is 7.79. The molecule has 0 saturated carbocycles. The second-order valence-corrected chi connectivity index (χ2v) is 5.90. The van der Waals surface area contributed by atoms with Crippen LogP contribution < -0.4 is 0 Å². The van der Waals surface area contributed by atoms with Gasteiger partial charge in [-0.25, -0.2) is 0 Å². The van der Waals surface area contributed by atoms with Crippen molar-refractivity contribution in [3.05, 3.63) is 65.2 Å². The number of nitrogens with zero attached hydrogens (tertiary/aromatic N) is 3. The van der Waals surface area contributed by atoms with Gasteiger partial charge in [0.05, 0.1) is 5.69 Å². The summed E-state index contributed by atoms with van der Waals surface area (Å²) in [6.07, 6.45) is 0. The normalized spacial score (nSPS) is 10.9. The van der Waals surface area contributed by atoms with Crippen LogP contribution in [0.2, 0.25) is 5.02 Å². The predicted octanol–water partition coefficient (Wildman–Crippen LogP) is 4.76. The molecule has 0 fully saturated rings. The molecular formula is C18H13ClN4O. The zero-order chi connectivity index (χ0) is 16.5. The molecule has 4 rings (SSSR count). The van der Waals surface area contributed by atoms with Crippen molar-refractivity contribution in [2.24, 2.45) is 0 Å². The second-order valence-electron chi connectivity index (χ2n) is 5.46. The summed E-state index contributed by atoms with van der Waals surface area (Å²) in [5.41, 5.74) is 4.51. The lowest BCUT2D eigenvalue weighted by molar-refractivity contribution is 0.431. The minimum Gasteiger partial charge on any atom is -0.332 e. The van der Waals surface area contributed by atoms with Crippen LogP contribution in [0.15, 0.2) is 59.1 Å². The molecule has 2 aromatic heterocycles. The molecule has 0 radical (unpaired) electrons. The Balaban J connectivity index is 1.63. The van der Waals surface area contributed by atoms with Crippen LogP contribution in [0.25, 0.3) is 34.2 Å². The Hall–Kier alpha value is -2.92. The Bertz CT molecular complexity index is 889. The number of halogens is 1. The molecule has 0 spiro atoms. The van der Waals surface area contributed by atoms with Crippen molar-refractivity contribution >= 4 is 11.6 Å². The summed E-state index contributed by atoms with van der Waals surface area (Å²) < 4.78 is 5.35. The average molecular weight is 337 g/mol. The highest BCUT2D eigenvalue weighted by Crippen LogP contribution is 2.25. The number of nitrogens with one attached hydrogen (secondary N) is 1.